The van der Waals surface area contributed by atoms with Gasteiger partial charge in [0.1, 0.15) is 0 Å². The minimum atomic E-state index is -6.81. The van der Waals surface area contributed by atoms with E-state index in [-0.39, 0.29) is 0 Å². The van der Waals surface area contributed by atoms with E-state index in [0.717, 1.165) is 0 Å². The highest BCUT2D eigenvalue weighted by Gasteiger charge is 3.05. The van der Waals surface area contributed by atoms with Crippen LogP contribution in [0.3, 0.4) is 0 Å². The van der Waals surface area contributed by atoms with Crippen LogP contribution >= 0.6 is 0 Å². The SMILES string of the molecule is NC1(F)C(F)(F)C2(F)C(C(F)(F)F)=C(C(F)(F)F)C1(F)C2(F)F. The Kier molecular flexibility index (Phi) is 2.93. The van der Waals surface area contributed by atoms with Gasteiger partial charge in [-0.3, -0.25) is 5.73 Å². The summed E-state index contributed by atoms with van der Waals surface area (Å²) in [5.41, 5.74) is -17.7. The second kappa shape index (κ2) is 3.72. The van der Waals surface area contributed by atoms with Gasteiger partial charge >= 0.3 is 24.2 Å². The molecule has 0 aliphatic heterocycles. The molecular weight excluding hydrogens is 369 g/mol. The average molecular weight is 371 g/mol. The van der Waals surface area contributed by atoms with Crippen molar-refractivity contribution in [3.05, 3.63) is 11.1 Å². The molecule has 2 bridgehead atoms. The van der Waals surface area contributed by atoms with E-state index < -0.39 is 52.5 Å². The molecule has 0 aromatic rings. The molecule has 1 saturated carbocycles. The van der Waals surface area contributed by atoms with E-state index in [1.807, 2.05) is 0 Å². The lowest BCUT2D eigenvalue weighted by Crippen LogP contribution is -2.68. The third-order valence-corrected chi connectivity index (χ3v) is 3.76. The van der Waals surface area contributed by atoms with Crippen LogP contribution in [0.2, 0.25) is 0 Å². The van der Waals surface area contributed by atoms with E-state index in [0.29, 0.717) is 0 Å². The molecule has 1 nitrogen and oxygen atoms in total. The van der Waals surface area contributed by atoms with E-state index in [1.54, 1.807) is 0 Å². The fraction of sp³-hybridized carbons (Fsp3) is 0.778. The molecule has 2 aliphatic carbocycles. The largest absolute Gasteiger partial charge is 0.416 e. The average Bonchev–Trinajstić information content (AvgIpc) is 2.46. The Hall–Kier alpha value is -1.21. The van der Waals surface area contributed by atoms with E-state index in [1.165, 1.54) is 0 Å². The number of nitrogens with two attached hydrogens (primary N) is 1. The predicted octanol–water partition coefficient (Wildman–Crippen LogP) is 3.75. The number of alkyl halides is 13. The van der Waals surface area contributed by atoms with Crippen molar-refractivity contribution in [2.75, 3.05) is 0 Å². The second-order valence-electron chi connectivity index (χ2n) is 4.92. The Balaban J connectivity index is 3.11. The van der Waals surface area contributed by atoms with Crippen LogP contribution in [0.4, 0.5) is 57.1 Å². The molecule has 23 heavy (non-hydrogen) atoms. The summed E-state index contributed by atoms with van der Waals surface area (Å²) in [4.78, 5) is 0. The lowest BCUT2D eigenvalue weighted by Gasteiger charge is -2.39. The summed E-state index contributed by atoms with van der Waals surface area (Å²) >= 11 is 0. The smallest absolute Gasteiger partial charge is 0.291 e. The maximum absolute atomic E-state index is 14.1. The van der Waals surface area contributed by atoms with Crippen LogP contribution < -0.4 is 5.73 Å². The summed E-state index contributed by atoms with van der Waals surface area (Å²) in [6, 6.07) is 0. The monoisotopic (exact) mass is 371 g/mol. The van der Waals surface area contributed by atoms with Crippen LogP contribution in [-0.2, 0) is 0 Å². The van der Waals surface area contributed by atoms with Gasteiger partial charge in [-0.1, -0.05) is 0 Å². The highest BCUT2D eigenvalue weighted by molar-refractivity contribution is 5.60. The predicted molar refractivity (Wildman–Crippen MR) is 44.7 cm³/mol. The number of halogens is 13. The maximum Gasteiger partial charge on any atom is 0.416 e. The van der Waals surface area contributed by atoms with Gasteiger partial charge in [-0.15, -0.1) is 0 Å². The lowest BCUT2D eigenvalue weighted by atomic mass is 9.80. The summed E-state index contributed by atoms with van der Waals surface area (Å²) in [6.45, 7) is 0. The molecule has 134 valence electrons. The molecule has 2 N–H and O–H groups in total. The van der Waals surface area contributed by atoms with Gasteiger partial charge in [0.25, 0.3) is 17.1 Å². The van der Waals surface area contributed by atoms with Gasteiger partial charge in [0.2, 0.25) is 0 Å². The van der Waals surface area contributed by atoms with Crippen LogP contribution in [0.25, 0.3) is 0 Å². The van der Waals surface area contributed by atoms with Gasteiger partial charge < -0.3 is 0 Å². The standard InChI is InChI=1S/C9H2F13N/c10-3-1(5(12,13)14)2(6(15,16)17)4(11,7(3,18)19)9(22,23)8(3,20)21/h23H2. The minimum Gasteiger partial charge on any atom is -0.291 e. The van der Waals surface area contributed by atoms with E-state index in [9.17, 15) is 57.1 Å². The first-order valence-corrected chi connectivity index (χ1v) is 5.25. The number of fused-ring (bicyclic) bond motifs is 2. The van der Waals surface area contributed by atoms with Gasteiger partial charge in [-0.2, -0.15) is 43.9 Å². The van der Waals surface area contributed by atoms with Gasteiger partial charge in [-0.25, -0.2) is 13.2 Å². The molecule has 1 fully saturated rings. The first-order chi connectivity index (χ1) is 9.74. The molecule has 0 radical (unpaired) electrons. The summed E-state index contributed by atoms with van der Waals surface area (Å²) < 4.78 is 171. The normalized spacial score (nSPS) is 42.5. The molecule has 2 aliphatic rings. The highest BCUT2D eigenvalue weighted by Crippen LogP contribution is 2.78. The molecular formula is C9H2F13N. The summed E-state index contributed by atoms with van der Waals surface area (Å²) in [7, 11) is 0. The van der Waals surface area contributed by atoms with Crippen molar-refractivity contribution in [2.24, 2.45) is 5.73 Å². The van der Waals surface area contributed by atoms with Crippen LogP contribution in [-0.4, -0.2) is 41.3 Å². The molecule has 2 rings (SSSR count). The van der Waals surface area contributed by atoms with Crippen LogP contribution in [0.1, 0.15) is 0 Å². The van der Waals surface area contributed by atoms with Crippen molar-refractivity contribution in [1.29, 1.82) is 0 Å². The first-order valence-electron chi connectivity index (χ1n) is 5.25. The Bertz CT molecular complexity index is 546. The zero-order valence-corrected chi connectivity index (χ0v) is 9.99. The zero-order valence-electron chi connectivity index (χ0n) is 9.99. The van der Waals surface area contributed by atoms with E-state index >= 15 is 0 Å². The van der Waals surface area contributed by atoms with Crippen molar-refractivity contribution in [2.45, 2.75) is 41.3 Å². The van der Waals surface area contributed by atoms with E-state index in [4.69, 9.17) is 0 Å². The zero-order chi connectivity index (χ0) is 18.7. The fourth-order valence-corrected chi connectivity index (χ4v) is 2.80. The van der Waals surface area contributed by atoms with Crippen molar-refractivity contribution in [3.63, 3.8) is 0 Å². The van der Waals surface area contributed by atoms with Gasteiger partial charge in [0, 0.05) is 0 Å². The Morgan fingerprint density at radius 2 is 0.870 bits per heavy atom. The first kappa shape index (κ1) is 18.1. The highest BCUT2D eigenvalue weighted by atomic mass is 19.4. The van der Waals surface area contributed by atoms with Crippen LogP contribution in [0.5, 0.6) is 0 Å². The third kappa shape index (κ3) is 1.42. The Labute approximate surface area is 116 Å². The number of hydrogen-bond acceptors (Lipinski definition) is 1. The summed E-state index contributed by atoms with van der Waals surface area (Å²) in [6.07, 6.45) is -13.6. The topological polar surface area (TPSA) is 26.0 Å². The second-order valence-corrected chi connectivity index (χ2v) is 4.92. The number of rotatable bonds is 0. The Morgan fingerprint density at radius 3 is 1.17 bits per heavy atom. The molecule has 0 amide bonds. The summed E-state index contributed by atoms with van der Waals surface area (Å²) in [5, 5.41) is 0. The third-order valence-electron chi connectivity index (χ3n) is 3.76. The molecule has 0 aromatic heterocycles. The van der Waals surface area contributed by atoms with Crippen LogP contribution in [0.15, 0.2) is 11.1 Å². The molecule has 0 saturated heterocycles. The molecule has 3 atom stereocenters. The van der Waals surface area contributed by atoms with Crippen molar-refractivity contribution >= 4 is 0 Å². The molecule has 0 spiro atoms. The number of hydrogen-bond donors (Lipinski definition) is 1. The van der Waals surface area contributed by atoms with Gasteiger partial charge in [-0.05, 0) is 0 Å². The molecule has 0 aromatic carbocycles. The van der Waals surface area contributed by atoms with Gasteiger partial charge in [0.15, 0.2) is 0 Å². The molecule has 3 unspecified atom stereocenters. The van der Waals surface area contributed by atoms with Gasteiger partial charge in [0.05, 0.1) is 11.1 Å². The Morgan fingerprint density at radius 1 is 0.565 bits per heavy atom. The summed E-state index contributed by atoms with van der Waals surface area (Å²) in [5.74, 6) is -19.5. The fourth-order valence-electron chi connectivity index (χ4n) is 2.80. The van der Waals surface area contributed by atoms with E-state index in [2.05, 4.69) is 5.73 Å². The quantitative estimate of drug-likeness (QED) is 0.392. The molecule has 14 heteroatoms. The minimum absolute atomic E-state index is 3.82. The van der Waals surface area contributed by atoms with Crippen molar-refractivity contribution in [3.8, 4) is 0 Å². The molecule has 0 heterocycles. The number of allylic oxidation sites excluding steroid dienone is 1. The van der Waals surface area contributed by atoms with Crippen molar-refractivity contribution < 1.29 is 57.1 Å². The maximum atomic E-state index is 14.1. The lowest BCUT2D eigenvalue weighted by molar-refractivity contribution is -0.235. The van der Waals surface area contributed by atoms with Crippen molar-refractivity contribution in [1.82, 2.24) is 0 Å². The van der Waals surface area contributed by atoms with Crippen LogP contribution in [0, 0.1) is 0 Å².